The number of carbonyl (C=O) groups is 3. The molecule has 0 aliphatic rings. The maximum Gasteiger partial charge on any atom is 0.516 e. The molecule has 0 saturated heterocycles. The molecule has 112 valence electrons. The Morgan fingerprint density at radius 3 is 1.86 bits per heavy atom. The van der Waals surface area contributed by atoms with E-state index < -0.39 is 18.1 Å². The molecule has 22 heavy (non-hydrogen) atoms. The van der Waals surface area contributed by atoms with Crippen molar-refractivity contribution in [1.29, 1.82) is 0 Å². The molecule has 0 atom stereocenters. The van der Waals surface area contributed by atoms with Crippen LogP contribution in [0.5, 0.6) is 5.75 Å². The second-order valence-corrected chi connectivity index (χ2v) is 4.12. The van der Waals surface area contributed by atoms with Gasteiger partial charge in [0.2, 0.25) is 0 Å². The summed E-state index contributed by atoms with van der Waals surface area (Å²) in [6, 6.07) is 14.1. The van der Waals surface area contributed by atoms with Crippen molar-refractivity contribution in [2.75, 3.05) is 7.11 Å². The lowest BCUT2D eigenvalue weighted by molar-refractivity contribution is 0.0451. The largest absolute Gasteiger partial charge is 0.516 e. The van der Waals surface area contributed by atoms with E-state index in [1.54, 1.807) is 30.3 Å². The molecule has 6 heteroatoms. The van der Waals surface area contributed by atoms with Crippen LogP contribution in [-0.2, 0) is 9.47 Å². The van der Waals surface area contributed by atoms with Gasteiger partial charge in [0.25, 0.3) is 0 Å². The van der Waals surface area contributed by atoms with E-state index >= 15 is 0 Å². The number of ether oxygens (including phenoxy) is 3. The van der Waals surface area contributed by atoms with Gasteiger partial charge in [0.1, 0.15) is 5.75 Å². The van der Waals surface area contributed by atoms with Gasteiger partial charge in [-0.2, -0.15) is 0 Å². The number of hydrogen-bond donors (Lipinski definition) is 0. The number of carbonyl (C=O) groups excluding carboxylic acids is 3. The van der Waals surface area contributed by atoms with Crippen molar-refractivity contribution < 1.29 is 28.6 Å². The van der Waals surface area contributed by atoms with E-state index in [2.05, 4.69) is 9.47 Å². The van der Waals surface area contributed by atoms with Gasteiger partial charge in [-0.1, -0.05) is 18.2 Å². The average Bonchev–Trinajstić information content (AvgIpc) is 2.55. The van der Waals surface area contributed by atoms with E-state index in [1.165, 1.54) is 24.3 Å². The maximum atomic E-state index is 11.9. The topological polar surface area (TPSA) is 78.9 Å². The molecule has 0 heterocycles. The van der Waals surface area contributed by atoms with Crippen molar-refractivity contribution >= 4 is 18.1 Å². The number of rotatable bonds is 3. The van der Waals surface area contributed by atoms with Gasteiger partial charge < -0.3 is 14.2 Å². The fourth-order valence-electron chi connectivity index (χ4n) is 1.57. The van der Waals surface area contributed by atoms with E-state index in [0.717, 1.165) is 7.11 Å². The van der Waals surface area contributed by atoms with Gasteiger partial charge in [0.05, 0.1) is 18.2 Å². The first-order valence-electron chi connectivity index (χ1n) is 6.27. The number of benzene rings is 2. The third-order valence-corrected chi connectivity index (χ3v) is 2.65. The molecule has 2 aromatic carbocycles. The highest BCUT2D eigenvalue weighted by Gasteiger charge is 2.14. The van der Waals surface area contributed by atoms with Crippen molar-refractivity contribution in [1.82, 2.24) is 0 Å². The molecule has 6 nitrogen and oxygen atoms in total. The van der Waals surface area contributed by atoms with Crippen LogP contribution in [0.2, 0.25) is 0 Å². The molecule has 2 rings (SSSR count). The van der Waals surface area contributed by atoms with Crippen molar-refractivity contribution in [3.8, 4) is 5.75 Å². The molecule has 0 N–H and O–H groups in total. The summed E-state index contributed by atoms with van der Waals surface area (Å²) < 4.78 is 13.7. The van der Waals surface area contributed by atoms with Crippen LogP contribution < -0.4 is 4.74 Å². The van der Waals surface area contributed by atoms with Gasteiger partial charge in [0, 0.05) is 0 Å². The van der Waals surface area contributed by atoms with Crippen LogP contribution in [0.15, 0.2) is 54.6 Å². The predicted molar refractivity (Wildman–Crippen MR) is 75.7 cm³/mol. The van der Waals surface area contributed by atoms with E-state index in [9.17, 15) is 14.4 Å². The minimum atomic E-state index is -1.10. The maximum absolute atomic E-state index is 11.9. The van der Waals surface area contributed by atoms with Crippen LogP contribution in [0.25, 0.3) is 0 Å². The third kappa shape index (κ3) is 3.92. The fourth-order valence-corrected chi connectivity index (χ4v) is 1.57. The van der Waals surface area contributed by atoms with Crippen molar-refractivity contribution in [3.05, 3.63) is 65.7 Å². The summed E-state index contributed by atoms with van der Waals surface area (Å²) in [5.74, 6) is -1.00. The smallest absolute Gasteiger partial charge is 0.437 e. The van der Waals surface area contributed by atoms with Crippen molar-refractivity contribution in [2.45, 2.75) is 0 Å². The summed E-state index contributed by atoms with van der Waals surface area (Å²) in [7, 11) is 1.10. The van der Waals surface area contributed by atoms with Gasteiger partial charge in [-0.05, 0) is 36.4 Å². The van der Waals surface area contributed by atoms with Crippen molar-refractivity contribution in [2.24, 2.45) is 0 Å². The SMILES string of the molecule is COC(=O)OC(=O)c1ccc(C(=O)Oc2ccccc2)cc1. The van der Waals surface area contributed by atoms with Gasteiger partial charge >= 0.3 is 18.1 Å². The molecule has 0 aliphatic heterocycles. The van der Waals surface area contributed by atoms with Crippen LogP contribution in [-0.4, -0.2) is 25.2 Å². The molecule has 0 spiro atoms. The molecule has 0 aliphatic carbocycles. The summed E-state index contributed by atoms with van der Waals surface area (Å²) >= 11 is 0. The van der Waals surface area contributed by atoms with Crippen LogP contribution in [0.3, 0.4) is 0 Å². The average molecular weight is 300 g/mol. The minimum absolute atomic E-state index is 0.113. The Kier molecular flexibility index (Phi) is 4.87. The van der Waals surface area contributed by atoms with Gasteiger partial charge in [-0.3, -0.25) is 0 Å². The summed E-state index contributed by atoms with van der Waals surface area (Å²) in [4.78, 5) is 34.3. The van der Waals surface area contributed by atoms with Crippen LogP contribution in [0.1, 0.15) is 20.7 Å². The van der Waals surface area contributed by atoms with E-state index in [1.807, 2.05) is 0 Å². The Balaban J connectivity index is 2.04. The molecule has 0 radical (unpaired) electrons. The Hall–Kier alpha value is -3.15. The number of esters is 2. The van der Waals surface area contributed by atoms with E-state index in [-0.39, 0.29) is 11.1 Å². The zero-order valence-corrected chi connectivity index (χ0v) is 11.6. The highest BCUT2D eigenvalue weighted by atomic mass is 16.7. The molecule has 0 unspecified atom stereocenters. The summed E-state index contributed by atoms with van der Waals surface area (Å²) in [5, 5.41) is 0. The monoisotopic (exact) mass is 300 g/mol. The van der Waals surface area contributed by atoms with Gasteiger partial charge in [0.15, 0.2) is 0 Å². The van der Waals surface area contributed by atoms with Crippen LogP contribution >= 0.6 is 0 Å². The van der Waals surface area contributed by atoms with Crippen LogP contribution in [0.4, 0.5) is 4.79 Å². The number of hydrogen-bond acceptors (Lipinski definition) is 6. The zero-order valence-electron chi connectivity index (χ0n) is 11.6. The number of methoxy groups -OCH3 is 1. The Morgan fingerprint density at radius 2 is 1.32 bits per heavy atom. The third-order valence-electron chi connectivity index (χ3n) is 2.65. The highest BCUT2D eigenvalue weighted by molar-refractivity contribution is 5.97. The van der Waals surface area contributed by atoms with E-state index in [4.69, 9.17) is 4.74 Å². The first-order valence-corrected chi connectivity index (χ1v) is 6.27. The fraction of sp³-hybridized carbons (Fsp3) is 0.0625. The molecule has 0 saturated carbocycles. The first-order chi connectivity index (χ1) is 10.6. The Labute approximate surface area is 126 Å². The minimum Gasteiger partial charge on any atom is -0.437 e. The Bertz CT molecular complexity index is 676. The summed E-state index contributed by atoms with van der Waals surface area (Å²) in [5.41, 5.74) is 0.375. The lowest BCUT2D eigenvalue weighted by atomic mass is 10.1. The molecular formula is C16H12O6. The molecule has 0 bridgehead atoms. The zero-order chi connectivity index (χ0) is 15.9. The normalized spacial score (nSPS) is 9.68. The summed E-state index contributed by atoms with van der Waals surface area (Å²) in [6.45, 7) is 0. The number of para-hydroxylation sites is 1. The lowest BCUT2D eigenvalue weighted by Gasteiger charge is -2.05. The predicted octanol–water partition coefficient (Wildman–Crippen LogP) is 2.83. The lowest BCUT2D eigenvalue weighted by Crippen LogP contribution is -2.13. The second kappa shape index (κ2) is 7.03. The standard InChI is InChI=1S/C16H12O6/c1-20-16(19)22-15(18)12-9-7-11(8-10-12)14(17)21-13-5-3-2-4-6-13/h2-10H,1H3. The molecule has 0 amide bonds. The summed E-state index contributed by atoms with van der Waals surface area (Å²) in [6.07, 6.45) is -1.10. The van der Waals surface area contributed by atoms with Gasteiger partial charge in [-0.15, -0.1) is 0 Å². The molecular weight excluding hydrogens is 288 g/mol. The van der Waals surface area contributed by atoms with Crippen LogP contribution in [0, 0.1) is 0 Å². The highest BCUT2D eigenvalue weighted by Crippen LogP contribution is 2.13. The second-order valence-electron chi connectivity index (χ2n) is 4.12. The molecule has 2 aromatic rings. The molecule has 0 aromatic heterocycles. The van der Waals surface area contributed by atoms with Crippen molar-refractivity contribution in [3.63, 3.8) is 0 Å². The first kappa shape index (κ1) is 15.2. The molecule has 0 fully saturated rings. The Morgan fingerprint density at radius 1 is 0.773 bits per heavy atom. The van der Waals surface area contributed by atoms with Gasteiger partial charge in [-0.25, -0.2) is 14.4 Å². The quantitative estimate of drug-likeness (QED) is 0.492. The van der Waals surface area contributed by atoms with E-state index in [0.29, 0.717) is 5.75 Å².